The molecule has 0 spiro atoms. The van der Waals surface area contributed by atoms with Crippen molar-refractivity contribution in [2.24, 2.45) is 0 Å². The van der Waals surface area contributed by atoms with E-state index in [0.717, 1.165) is 70.6 Å². The van der Waals surface area contributed by atoms with Crippen molar-refractivity contribution in [2.75, 3.05) is 13.2 Å². The van der Waals surface area contributed by atoms with Gasteiger partial charge in [0, 0.05) is 12.8 Å². The molecule has 2 unspecified atom stereocenters. The van der Waals surface area contributed by atoms with Crippen molar-refractivity contribution in [1.29, 1.82) is 0 Å². The molecule has 0 aromatic carbocycles. The molecule has 0 aromatic rings. The lowest BCUT2D eigenvalue weighted by molar-refractivity contribution is -0.143. The molecular formula is C59H113NO5. The number of aliphatic hydroxyl groups excluding tert-OH is 2. The number of nitrogens with one attached hydrogen (secondary N) is 1. The Labute approximate surface area is 405 Å². The van der Waals surface area contributed by atoms with Gasteiger partial charge in [-0.1, -0.05) is 269 Å². The zero-order chi connectivity index (χ0) is 47.2. The standard InChI is InChI=1S/C59H113NO5/c1-3-5-7-9-11-13-15-17-19-20-21-22-23-24-25-26-28-29-31-35-39-43-47-51-57(62)56(55-61)60-58(63)52-48-44-40-36-33-34-38-42-46-50-54-65-59(64)53-49-45-41-37-32-30-27-18-16-14-12-10-8-6-4-2/h12,14,18,27,56-57,61-62H,3-11,13,15-17,19-26,28-55H2,1-2H3,(H,60,63)/b14-12-,27-18-. The molecule has 0 bridgehead atoms. The van der Waals surface area contributed by atoms with Crippen LogP contribution in [0.5, 0.6) is 0 Å². The number of aliphatic hydroxyl groups is 2. The van der Waals surface area contributed by atoms with E-state index in [9.17, 15) is 19.8 Å². The molecular weight excluding hydrogens is 803 g/mol. The van der Waals surface area contributed by atoms with Gasteiger partial charge in [0.1, 0.15) is 0 Å². The number of esters is 1. The molecule has 384 valence electrons. The lowest BCUT2D eigenvalue weighted by Gasteiger charge is -2.22. The van der Waals surface area contributed by atoms with E-state index in [1.807, 2.05) is 0 Å². The van der Waals surface area contributed by atoms with E-state index in [2.05, 4.69) is 43.5 Å². The Hall–Kier alpha value is -1.66. The summed E-state index contributed by atoms with van der Waals surface area (Å²) >= 11 is 0. The first-order chi connectivity index (χ1) is 32.0. The highest BCUT2D eigenvalue weighted by atomic mass is 16.5. The molecule has 0 fully saturated rings. The van der Waals surface area contributed by atoms with Gasteiger partial charge in [0.25, 0.3) is 0 Å². The number of carbonyl (C=O) groups excluding carboxylic acids is 2. The summed E-state index contributed by atoms with van der Waals surface area (Å²) in [6, 6.07) is -0.560. The molecule has 0 aliphatic carbocycles. The van der Waals surface area contributed by atoms with Crippen molar-refractivity contribution < 1.29 is 24.5 Å². The Morgan fingerprint density at radius 1 is 0.431 bits per heavy atom. The van der Waals surface area contributed by atoms with Crippen molar-refractivity contribution in [2.45, 2.75) is 328 Å². The van der Waals surface area contributed by atoms with Gasteiger partial charge in [0.05, 0.1) is 25.4 Å². The van der Waals surface area contributed by atoms with Crippen molar-refractivity contribution in [3.63, 3.8) is 0 Å². The van der Waals surface area contributed by atoms with Crippen LogP contribution in [-0.2, 0) is 14.3 Å². The van der Waals surface area contributed by atoms with Crippen molar-refractivity contribution >= 4 is 11.9 Å². The number of carbonyl (C=O) groups is 2. The van der Waals surface area contributed by atoms with Crippen LogP contribution >= 0.6 is 0 Å². The molecule has 0 aliphatic heterocycles. The molecule has 6 heteroatoms. The maximum Gasteiger partial charge on any atom is 0.305 e. The van der Waals surface area contributed by atoms with Gasteiger partial charge in [-0.25, -0.2) is 0 Å². The Kier molecular flexibility index (Phi) is 53.5. The number of ether oxygens (including phenoxy) is 1. The van der Waals surface area contributed by atoms with Gasteiger partial charge in [-0.2, -0.15) is 0 Å². The summed E-state index contributed by atoms with van der Waals surface area (Å²) in [5.74, 6) is -0.0877. The minimum Gasteiger partial charge on any atom is -0.466 e. The van der Waals surface area contributed by atoms with Gasteiger partial charge < -0.3 is 20.3 Å². The summed E-state index contributed by atoms with van der Waals surface area (Å²) in [6.07, 6.45) is 65.9. The zero-order valence-electron chi connectivity index (χ0n) is 43.7. The molecule has 0 saturated carbocycles. The summed E-state index contributed by atoms with van der Waals surface area (Å²) in [4.78, 5) is 24.6. The Morgan fingerprint density at radius 3 is 1.20 bits per heavy atom. The van der Waals surface area contributed by atoms with Gasteiger partial charge >= 0.3 is 5.97 Å². The quantitative estimate of drug-likeness (QED) is 0.0321. The number of hydrogen-bond donors (Lipinski definition) is 3. The van der Waals surface area contributed by atoms with Crippen molar-refractivity contribution in [1.82, 2.24) is 5.32 Å². The summed E-state index contributed by atoms with van der Waals surface area (Å²) < 4.78 is 5.46. The molecule has 0 saturated heterocycles. The zero-order valence-corrected chi connectivity index (χ0v) is 43.7. The van der Waals surface area contributed by atoms with Crippen LogP contribution in [0.4, 0.5) is 0 Å². The molecule has 0 heterocycles. The van der Waals surface area contributed by atoms with Gasteiger partial charge in [-0.15, -0.1) is 0 Å². The monoisotopic (exact) mass is 916 g/mol. The molecule has 0 rings (SSSR count). The van der Waals surface area contributed by atoms with Crippen LogP contribution in [0.2, 0.25) is 0 Å². The third-order valence-corrected chi connectivity index (χ3v) is 13.5. The number of hydrogen-bond acceptors (Lipinski definition) is 5. The van der Waals surface area contributed by atoms with E-state index >= 15 is 0 Å². The molecule has 0 aromatic heterocycles. The van der Waals surface area contributed by atoms with E-state index in [0.29, 0.717) is 25.9 Å². The number of amides is 1. The Bertz CT molecular complexity index is 1010. The third kappa shape index (κ3) is 51.6. The molecule has 0 radical (unpaired) electrons. The Balaban J connectivity index is 3.47. The maximum atomic E-state index is 12.5. The smallest absolute Gasteiger partial charge is 0.305 e. The Morgan fingerprint density at radius 2 is 0.769 bits per heavy atom. The molecule has 0 aliphatic rings. The SMILES string of the molecule is CCCCC/C=C\C/C=C\CCCCCCCC(=O)OCCCCCCCCCCCCC(=O)NC(CO)C(O)CCCCCCCCCCCCCCCCCCCCCCCCC. The summed E-state index contributed by atoms with van der Waals surface area (Å²) in [5, 5.41) is 23.3. The van der Waals surface area contributed by atoms with Crippen LogP contribution in [-0.4, -0.2) is 47.4 Å². The van der Waals surface area contributed by atoms with Crippen molar-refractivity contribution in [3.05, 3.63) is 24.3 Å². The van der Waals surface area contributed by atoms with E-state index in [1.54, 1.807) is 0 Å². The summed E-state index contributed by atoms with van der Waals surface area (Å²) in [5.41, 5.74) is 0. The van der Waals surface area contributed by atoms with E-state index in [4.69, 9.17) is 4.74 Å². The van der Waals surface area contributed by atoms with E-state index in [-0.39, 0.29) is 18.5 Å². The lowest BCUT2D eigenvalue weighted by atomic mass is 10.0. The summed E-state index contributed by atoms with van der Waals surface area (Å²) in [7, 11) is 0. The molecule has 3 N–H and O–H groups in total. The van der Waals surface area contributed by atoms with Crippen LogP contribution in [0.15, 0.2) is 24.3 Å². The minimum atomic E-state index is -0.681. The largest absolute Gasteiger partial charge is 0.466 e. The first kappa shape index (κ1) is 63.3. The highest BCUT2D eigenvalue weighted by Crippen LogP contribution is 2.17. The summed E-state index contributed by atoms with van der Waals surface area (Å²) in [6.45, 7) is 4.89. The van der Waals surface area contributed by atoms with Gasteiger partial charge in [-0.05, 0) is 57.8 Å². The van der Waals surface area contributed by atoms with Crippen LogP contribution < -0.4 is 5.32 Å². The average molecular weight is 917 g/mol. The fraction of sp³-hybridized carbons (Fsp3) is 0.898. The predicted molar refractivity (Wildman–Crippen MR) is 283 cm³/mol. The molecule has 65 heavy (non-hydrogen) atoms. The first-order valence-electron chi connectivity index (χ1n) is 29.1. The molecule has 2 atom stereocenters. The van der Waals surface area contributed by atoms with Gasteiger partial charge in [0.2, 0.25) is 5.91 Å². The highest BCUT2D eigenvalue weighted by molar-refractivity contribution is 5.76. The average Bonchev–Trinajstić information content (AvgIpc) is 3.31. The van der Waals surface area contributed by atoms with Gasteiger partial charge in [0.15, 0.2) is 0 Å². The fourth-order valence-electron chi connectivity index (χ4n) is 9.02. The van der Waals surface area contributed by atoms with Crippen LogP contribution in [0.25, 0.3) is 0 Å². The van der Waals surface area contributed by atoms with Gasteiger partial charge in [-0.3, -0.25) is 9.59 Å². The lowest BCUT2D eigenvalue weighted by Crippen LogP contribution is -2.45. The minimum absolute atomic E-state index is 0.0318. The maximum absolute atomic E-state index is 12.5. The number of rotatable bonds is 54. The van der Waals surface area contributed by atoms with Crippen LogP contribution in [0.1, 0.15) is 316 Å². The molecule has 1 amide bonds. The third-order valence-electron chi connectivity index (χ3n) is 13.5. The van der Waals surface area contributed by atoms with Crippen LogP contribution in [0.3, 0.4) is 0 Å². The fourth-order valence-corrected chi connectivity index (χ4v) is 9.02. The normalized spacial score (nSPS) is 12.7. The predicted octanol–water partition coefficient (Wildman–Crippen LogP) is 17.9. The first-order valence-corrected chi connectivity index (χ1v) is 29.1. The number of allylic oxidation sites excluding steroid dienone is 4. The van der Waals surface area contributed by atoms with Crippen molar-refractivity contribution in [3.8, 4) is 0 Å². The van der Waals surface area contributed by atoms with Crippen LogP contribution in [0, 0.1) is 0 Å². The highest BCUT2D eigenvalue weighted by Gasteiger charge is 2.20. The second-order valence-corrected chi connectivity index (χ2v) is 20.0. The van der Waals surface area contributed by atoms with E-state index < -0.39 is 12.1 Å². The van der Waals surface area contributed by atoms with E-state index in [1.165, 1.54) is 212 Å². The topological polar surface area (TPSA) is 95.9 Å². The second-order valence-electron chi connectivity index (χ2n) is 20.0. The molecule has 6 nitrogen and oxygen atoms in total. The second kappa shape index (κ2) is 54.9. The number of unbranched alkanes of at least 4 members (excludes halogenated alkanes) is 39.